The van der Waals surface area contributed by atoms with Crippen LogP contribution in [0.2, 0.25) is 0 Å². The minimum atomic E-state index is -0.0116. The molecule has 2 amide bonds. The molecule has 2 heterocycles. The number of hydrogen-bond acceptors (Lipinski definition) is 3. The largest absolute Gasteiger partial charge is 0.337 e. The van der Waals surface area contributed by atoms with Crippen LogP contribution in [-0.4, -0.2) is 65.2 Å². The Bertz CT molecular complexity index is 757. The van der Waals surface area contributed by atoms with Crippen molar-refractivity contribution in [1.29, 1.82) is 0 Å². The molecule has 2 aromatic rings. The molecule has 0 bridgehead atoms. The third-order valence-electron chi connectivity index (χ3n) is 5.55. The van der Waals surface area contributed by atoms with Crippen molar-refractivity contribution in [2.75, 3.05) is 39.8 Å². The van der Waals surface area contributed by atoms with E-state index in [1.807, 2.05) is 20.2 Å². The van der Waals surface area contributed by atoms with Crippen LogP contribution < -0.4 is 5.32 Å². The number of carbonyl (C=O) groups excluding carboxylic acids is 1. The number of aryl methyl sites for hydroxylation is 2. The molecule has 1 aromatic heterocycles. The highest BCUT2D eigenvalue weighted by atomic mass is 16.2. The second-order valence-corrected chi connectivity index (χ2v) is 7.46. The SMILES string of the molecule is Cc1ccccc1[C@H]1CCN(CCNC(=O)N(C)CCn2ccnc2C)C1. The lowest BCUT2D eigenvalue weighted by atomic mass is 9.94. The van der Waals surface area contributed by atoms with Gasteiger partial charge in [0.2, 0.25) is 0 Å². The highest BCUT2D eigenvalue weighted by Gasteiger charge is 2.24. The van der Waals surface area contributed by atoms with Gasteiger partial charge in [-0.25, -0.2) is 9.78 Å². The summed E-state index contributed by atoms with van der Waals surface area (Å²) < 4.78 is 2.06. The second kappa shape index (κ2) is 9.04. The number of rotatable bonds is 7. The van der Waals surface area contributed by atoms with Gasteiger partial charge in [0.05, 0.1) is 0 Å². The summed E-state index contributed by atoms with van der Waals surface area (Å²) in [6.07, 6.45) is 4.93. The molecule has 1 N–H and O–H groups in total. The van der Waals surface area contributed by atoms with Crippen LogP contribution in [0.5, 0.6) is 0 Å². The number of nitrogens with one attached hydrogen (secondary N) is 1. The molecule has 27 heavy (non-hydrogen) atoms. The number of carbonyl (C=O) groups is 1. The molecule has 3 rings (SSSR count). The number of amides is 2. The Hall–Kier alpha value is -2.34. The lowest BCUT2D eigenvalue weighted by Crippen LogP contribution is -2.42. The second-order valence-electron chi connectivity index (χ2n) is 7.46. The smallest absolute Gasteiger partial charge is 0.317 e. The minimum Gasteiger partial charge on any atom is -0.337 e. The molecule has 0 radical (unpaired) electrons. The van der Waals surface area contributed by atoms with E-state index in [1.165, 1.54) is 17.5 Å². The van der Waals surface area contributed by atoms with E-state index in [4.69, 9.17) is 0 Å². The number of nitrogens with zero attached hydrogens (tertiary/aromatic N) is 4. The highest BCUT2D eigenvalue weighted by Crippen LogP contribution is 2.28. The molecule has 146 valence electrons. The van der Waals surface area contributed by atoms with Gasteiger partial charge in [-0.15, -0.1) is 0 Å². The molecule has 0 spiro atoms. The quantitative estimate of drug-likeness (QED) is 0.816. The van der Waals surface area contributed by atoms with E-state index >= 15 is 0 Å². The molecule has 1 atom stereocenters. The molecule has 1 saturated heterocycles. The molecule has 1 aromatic carbocycles. The maximum Gasteiger partial charge on any atom is 0.317 e. The van der Waals surface area contributed by atoms with Crippen LogP contribution in [0.1, 0.15) is 29.3 Å². The van der Waals surface area contributed by atoms with Crippen LogP contribution >= 0.6 is 0 Å². The van der Waals surface area contributed by atoms with Crippen molar-refractivity contribution in [3.8, 4) is 0 Å². The number of likely N-dealkylation sites (N-methyl/N-ethyl adjacent to an activating group) is 1. The van der Waals surface area contributed by atoms with Gasteiger partial charge in [-0.1, -0.05) is 24.3 Å². The monoisotopic (exact) mass is 369 g/mol. The fraction of sp³-hybridized carbons (Fsp3) is 0.524. The van der Waals surface area contributed by atoms with E-state index in [2.05, 4.69) is 51.0 Å². The van der Waals surface area contributed by atoms with Crippen LogP contribution in [0.15, 0.2) is 36.7 Å². The van der Waals surface area contributed by atoms with Crippen LogP contribution in [0.25, 0.3) is 0 Å². The summed E-state index contributed by atoms with van der Waals surface area (Å²) in [5.74, 6) is 1.59. The van der Waals surface area contributed by atoms with Crippen LogP contribution in [0, 0.1) is 13.8 Å². The van der Waals surface area contributed by atoms with Gasteiger partial charge in [-0.2, -0.15) is 0 Å². The zero-order valence-corrected chi connectivity index (χ0v) is 16.7. The predicted octanol–water partition coefficient (Wildman–Crippen LogP) is 2.63. The average molecular weight is 370 g/mol. The standard InChI is InChI=1S/C21H31N5O/c1-17-6-4-5-7-20(17)19-8-11-25(16-19)12-9-23-21(27)24(3)14-15-26-13-10-22-18(26)2/h4-7,10,13,19H,8-9,11-12,14-16H2,1-3H3,(H,23,27)/t19-/m0/s1. The minimum absolute atomic E-state index is 0.0116. The van der Waals surface area contributed by atoms with Gasteiger partial charge in [0.1, 0.15) is 5.82 Å². The predicted molar refractivity (Wildman–Crippen MR) is 108 cm³/mol. The Kier molecular flexibility index (Phi) is 6.50. The van der Waals surface area contributed by atoms with E-state index in [-0.39, 0.29) is 6.03 Å². The summed E-state index contributed by atoms with van der Waals surface area (Å²) in [6, 6.07) is 8.67. The fourth-order valence-electron chi connectivity index (χ4n) is 3.79. The van der Waals surface area contributed by atoms with Crippen molar-refractivity contribution in [3.05, 3.63) is 53.6 Å². The Labute approximate surface area is 162 Å². The Morgan fingerprint density at radius 1 is 1.30 bits per heavy atom. The first-order chi connectivity index (χ1) is 13.0. The Morgan fingerprint density at radius 2 is 2.11 bits per heavy atom. The number of hydrogen-bond donors (Lipinski definition) is 1. The highest BCUT2D eigenvalue weighted by molar-refractivity contribution is 5.73. The normalized spacial score (nSPS) is 17.2. The summed E-state index contributed by atoms with van der Waals surface area (Å²) in [4.78, 5) is 20.7. The van der Waals surface area contributed by atoms with Gasteiger partial charge in [0, 0.05) is 52.2 Å². The molecular weight excluding hydrogens is 338 g/mol. The van der Waals surface area contributed by atoms with Crippen LogP contribution in [0.4, 0.5) is 4.79 Å². The topological polar surface area (TPSA) is 53.4 Å². The van der Waals surface area contributed by atoms with Crippen molar-refractivity contribution in [2.24, 2.45) is 0 Å². The first kappa shape index (κ1) is 19.4. The molecule has 1 fully saturated rings. The third-order valence-corrected chi connectivity index (χ3v) is 5.55. The van der Waals surface area contributed by atoms with Crippen molar-refractivity contribution in [2.45, 2.75) is 32.7 Å². The summed E-state index contributed by atoms with van der Waals surface area (Å²) >= 11 is 0. The molecule has 1 aliphatic heterocycles. The molecular formula is C21H31N5O. The molecule has 0 saturated carbocycles. The number of imidazole rings is 1. The van der Waals surface area contributed by atoms with Gasteiger partial charge >= 0.3 is 6.03 Å². The number of urea groups is 1. The van der Waals surface area contributed by atoms with Gasteiger partial charge in [-0.05, 0) is 43.9 Å². The van der Waals surface area contributed by atoms with E-state index < -0.39 is 0 Å². The van der Waals surface area contributed by atoms with E-state index in [9.17, 15) is 4.79 Å². The van der Waals surface area contributed by atoms with E-state index in [1.54, 1.807) is 11.1 Å². The number of aromatic nitrogens is 2. The van der Waals surface area contributed by atoms with Crippen molar-refractivity contribution in [1.82, 2.24) is 24.7 Å². The van der Waals surface area contributed by atoms with E-state index in [0.717, 1.165) is 32.0 Å². The summed E-state index contributed by atoms with van der Waals surface area (Å²) in [5, 5.41) is 3.04. The summed E-state index contributed by atoms with van der Waals surface area (Å²) in [5.41, 5.74) is 2.85. The summed E-state index contributed by atoms with van der Waals surface area (Å²) in [6.45, 7) is 9.37. The number of likely N-dealkylation sites (tertiary alicyclic amines) is 1. The fourth-order valence-corrected chi connectivity index (χ4v) is 3.79. The molecule has 0 unspecified atom stereocenters. The molecule has 6 heteroatoms. The Balaban J connectivity index is 1.36. The maximum absolute atomic E-state index is 12.3. The van der Waals surface area contributed by atoms with Crippen molar-refractivity contribution in [3.63, 3.8) is 0 Å². The van der Waals surface area contributed by atoms with E-state index in [0.29, 0.717) is 19.0 Å². The first-order valence-electron chi connectivity index (χ1n) is 9.79. The Morgan fingerprint density at radius 3 is 2.85 bits per heavy atom. The van der Waals surface area contributed by atoms with Crippen LogP contribution in [-0.2, 0) is 6.54 Å². The van der Waals surface area contributed by atoms with Crippen molar-refractivity contribution >= 4 is 6.03 Å². The lowest BCUT2D eigenvalue weighted by Gasteiger charge is -2.21. The van der Waals surface area contributed by atoms with Gasteiger partial charge in [0.15, 0.2) is 0 Å². The van der Waals surface area contributed by atoms with Gasteiger partial charge in [-0.3, -0.25) is 0 Å². The molecule has 1 aliphatic rings. The summed E-state index contributed by atoms with van der Waals surface area (Å²) in [7, 11) is 1.84. The zero-order chi connectivity index (χ0) is 19.2. The number of benzene rings is 1. The van der Waals surface area contributed by atoms with Crippen molar-refractivity contribution < 1.29 is 4.79 Å². The maximum atomic E-state index is 12.3. The van der Waals surface area contributed by atoms with Gasteiger partial charge < -0.3 is 19.7 Å². The first-order valence-corrected chi connectivity index (χ1v) is 9.79. The van der Waals surface area contributed by atoms with Crippen LogP contribution in [0.3, 0.4) is 0 Å². The lowest BCUT2D eigenvalue weighted by molar-refractivity contribution is 0.205. The third kappa shape index (κ3) is 5.10. The average Bonchev–Trinajstić information content (AvgIpc) is 3.29. The zero-order valence-electron chi connectivity index (χ0n) is 16.7. The van der Waals surface area contributed by atoms with Gasteiger partial charge in [0.25, 0.3) is 0 Å². The molecule has 6 nitrogen and oxygen atoms in total. The molecule has 0 aliphatic carbocycles.